The van der Waals surface area contributed by atoms with Gasteiger partial charge in [-0.25, -0.2) is 0 Å². The van der Waals surface area contributed by atoms with Gasteiger partial charge in [0.2, 0.25) is 14.6 Å². The monoisotopic (exact) mass is 562 g/mol. The largest absolute Gasteiger partial charge is 0.494 e. The summed E-state index contributed by atoms with van der Waals surface area (Å²) in [5, 5.41) is 9.74. The summed E-state index contributed by atoms with van der Waals surface area (Å²) in [5.74, 6) is 1.19. The van der Waals surface area contributed by atoms with E-state index >= 15 is 0 Å². The molecule has 1 aliphatic carbocycles. The van der Waals surface area contributed by atoms with Crippen molar-refractivity contribution < 1.29 is 28.8 Å². The molecule has 0 aromatic heterocycles. The van der Waals surface area contributed by atoms with E-state index in [9.17, 15) is 10.1 Å². The van der Waals surface area contributed by atoms with Gasteiger partial charge < -0.3 is 24.0 Å². The van der Waals surface area contributed by atoms with Gasteiger partial charge in [0.05, 0.1) is 6.61 Å². The number of ether oxygens (including phenoxy) is 3. The van der Waals surface area contributed by atoms with Gasteiger partial charge in [-0.15, -0.1) is 0 Å². The third-order valence-electron chi connectivity index (χ3n) is 5.48. The maximum atomic E-state index is 13.3. The number of halogens is 2. The van der Waals surface area contributed by atoms with Crippen molar-refractivity contribution in [1.29, 1.82) is 5.26 Å². The highest BCUT2D eigenvalue weighted by Gasteiger charge is 2.73. The lowest BCUT2D eigenvalue weighted by Gasteiger charge is -2.20. The molecule has 3 aromatic carbocycles. The van der Waals surface area contributed by atoms with Crippen LogP contribution in [-0.4, -0.2) is 26.7 Å². The summed E-state index contributed by atoms with van der Waals surface area (Å²) in [7, 11) is -2.12. The molecule has 4 N–H and O–H groups in total. The van der Waals surface area contributed by atoms with Gasteiger partial charge in [0.25, 0.3) is 0 Å². The zero-order valence-electron chi connectivity index (χ0n) is 19.8. The topological polar surface area (TPSA) is 135 Å². The molecule has 0 amide bonds. The van der Waals surface area contributed by atoms with Gasteiger partial charge in [-0.05, 0) is 48.9 Å². The lowest BCUT2D eigenvalue weighted by atomic mass is 9.95. The minimum atomic E-state index is -2.12. The highest BCUT2D eigenvalue weighted by molar-refractivity contribution is 7.42. The van der Waals surface area contributed by atoms with Crippen molar-refractivity contribution in [3.8, 4) is 23.3 Å². The van der Waals surface area contributed by atoms with E-state index in [0.717, 1.165) is 0 Å². The second kappa shape index (κ2) is 12.6. The van der Waals surface area contributed by atoms with Crippen molar-refractivity contribution in [1.82, 2.24) is 0 Å². The van der Waals surface area contributed by atoms with Crippen molar-refractivity contribution in [2.45, 2.75) is 29.2 Å². The summed E-state index contributed by atoms with van der Waals surface area (Å²) in [4.78, 5) is 28.2. The molecule has 2 atom stereocenters. The van der Waals surface area contributed by atoms with Crippen LogP contribution in [0, 0.1) is 11.3 Å². The predicted molar refractivity (Wildman–Crippen MR) is 141 cm³/mol. The Kier molecular flexibility index (Phi) is 9.74. The van der Waals surface area contributed by atoms with Crippen molar-refractivity contribution in [3.05, 3.63) is 90.0 Å². The molecule has 0 bridgehead atoms. The number of nitriles is 1. The van der Waals surface area contributed by atoms with E-state index in [4.69, 9.17) is 47.2 Å². The highest BCUT2D eigenvalue weighted by atomic mass is 35.5. The van der Waals surface area contributed by atoms with Crippen LogP contribution in [0.2, 0.25) is 0 Å². The quantitative estimate of drug-likeness (QED) is 0.182. The van der Waals surface area contributed by atoms with Crippen molar-refractivity contribution in [3.63, 3.8) is 0 Å². The van der Waals surface area contributed by atoms with Gasteiger partial charge in [0.15, 0.2) is 0 Å². The van der Waals surface area contributed by atoms with Crippen LogP contribution in [0.25, 0.3) is 0 Å². The number of carbonyl (C=O) groups is 1. The van der Waals surface area contributed by atoms with Crippen LogP contribution in [0.4, 0.5) is 0 Å². The number of alkyl halides is 2. The third-order valence-corrected chi connectivity index (χ3v) is 6.39. The smallest absolute Gasteiger partial charge is 0.321 e. The molecule has 0 radical (unpaired) electrons. The molecular formula is C26H25Cl2N2O6P. The van der Waals surface area contributed by atoms with Crippen LogP contribution in [0.15, 0.2) is 78.9 Å². The van der Waals surface area contributed by atoms with Crippen LogP contribution in [0.5, 0.6) is 17.2 Å². The summed E-state index contributed by atoms with van der Waals surface area (Å²) < 4.78 is 15.6. The molecule has 0 saturated heterocycles. The number of para-hydroxylation sites is 1. The number of hydrogen-bond acceptors (Lipinski definition) is 8. The average Bonchev–Trinajstić information content (AvgIpc) is 3.46. The van der Waals surface area contributed by atoms with Gasteiger partial charge in [-0.1, -0.05) is 65.7 Å². The van der Waals surface area contributed by atoms with Crippen LogP contribution in [0.1, 0.15) is 30.6 Å². The van der Waals surface area contributed by atoms with Gasteiger partial charge in [-0.3, -0.25) is 10.3 Å². The highest BCUT2D eigenvalue weighted by Crippen LogP contribution is 2.65. The Morgan fingerprint density at radius 2 is 1.65 bits per heavy atom. The minimum absolute atomic E-state index is 0.186. The maximum absolute atomic E-state index is 13.3. The molecule has 0 heterocycles. The van der Waals surface area contributed by atoms with Gasteiger partial charge in [0, 0.05) is 12.0 Å². The number of nitrogens with two attached hydrogens (primary N) is 1. The number of benzene rings is 3. The van der Waals surface area contributed by atoms with Crippen LogP contribution < -0.4 is 15.0 Å². The number of hydrogen-bond donors (Lipinski definition) is 3. The summed E-state index contributed by atoms with van der Waals surface area (Å²) in [5.41, 5.74) is 4.12. The summed E-state index contributed by atoms with van der Waals surface area (Å²) in [6, 6.07) is 25.1. The molecular weight excluding hydrogens is 538 g/mol. The van der Waals surface area contributed by atoms with E-state index in [1.54, 1.807) is 48.5 Å². The summed E-state index contributed by atoms with van der Waals surface area (Å²) in [6.07, 6.45) is -0.966. The Morgan fingerprint density at radius 1 is 1.05 bits per heavy atom. The second-order valence-electron chi connectivity index (χ2n) is 7.97. The Bertz CT molecular complexity index is 1240. The minimum Gasteiger partial charge on any atom is -0.494 e. The van der Waals surface area contributed by atoms with Crippen LogP contribution in [-0.2, 0) is 14.9 Å². The Labute approximate surface area is 226 Å². The second-order valence-corrected chi connectivity index (χ2v) is 10.1. The number of nitrogens with zero attached hydrogens (tertiary/aromatic N) is 1. The Balaban J connectivity index is 0.000000886. The lowest BCUT2D eigenvalue weighted by Crippen LogP contribution is -2.30. The maximum Gasteiger partial charge on any atom is 0.321 e. The van der Waals surface area contributed by atoms with E-state index < -0.39 is 30.3 Å². The van der Waals surface area contributed by atoms with Crippen molar-refractivity contribution in [2.24, 2.45) is 5.50 Å². The van der Waals surface area contributed by atoms with Gasteiger partial charge in [-0.2, -0.15) is 5.26 Å². The van der Waals surface area contributed by atoms with Gasteiger partial charge >= 0.3 is 5.97 Å². The van der Waals surface area contributed by atoms with E-state index in [0.29, 0.717) is 35.0 Å². The number of rotatable bonds is 8. The van der Waals surface area contributed by atoms with Crippen LogP contribution in [0.3, 0.4) is 0 Å². The molecule has 3 aromatic rings. The fraction of sp³-hybridized carbons (Fsp3) is 0.231. The standard InChI is InChI=1S/C26H21Cl2NO4.H4NO2P/c1-2-31-20-13-11-19(12-14-20)25(17-26(25,27)28)24(30)33-23(16-29)18-7-6-10-22(15-18)32-21-8-4-3-5-9-21;1-4(2)3/h3-15,23H,2,17H2,1H3;2-3H,1H2. The first kappa shape index (κ1) is 28.7. The molecule has 1 aliphatic rings. The van der Waals surface area contributed by atoms with Crippen molar-refractivity contribution >= 4 is 37.7 Å². The summed E-state index contributed by atoms with van der Waals surface area (Å²) in [6.45, 7) is 2.41. The molecule has 2 unspecified atom stereocenters. The first-order valence-electron chi connectivity index (χ1n) is 11.1. The van der Waals surface area contributed by atoms with Crippen molar-refractivity contribution in [2.75, 3.05) is 6.61 Å². The number of esters is 1. The first-order valence-corrected chi connectivity index (χ1v) is 13.2. The third kappa shape index (κ3) is 7.12. The van der Waals surface area contributed by atoms with E-state index in [2.05, 4.69) is 5.50 Å². The molecule has 0 spiro atoms. The molecule has 1 fully saturated rings. The first-order chi connectivity index (χ1) is 17.6. The molecule has 37 heavy (non-hydrogen) atoms. The molecule has 1 saturated carbocycles. The lowest BCUT2D eigenvalue weighted by molar-refractivity contribution is -0.150. The average molecular weight is 563 g/mol. The SMILES string of the molecule is CCOc1ccc(C2(C(=O)OC(C#N)c3cccc(Oc4ccccc4)c3)CC2(Cl)Cl)cc1.NP(O)O. The molecule has 11 heteroatoms. The molecule has 194 valence electrons. The summed E-state index contributed by atoms with van der Waals surface area (Å²) >= 11 is 12.8. The fourth-order valence-corrected chi connectivity index (χ4v) is 4.46. The number of carbonyl (C=O) groups excluding carboxylic acids is 1. The zero-order valence-corrected chi connectivity index (χ0v) is 22.2. The fourth-order valence-electron chi connectivity index (χ4n) is 3.69. The normalized spacial score (nSPS) is 18.0. The van der Waals surface area contributed by atoms with E-state index in [1.807, 2.05) is 43.3 Å². The van der Waals surface area contributed by atoms with E-state index in [1.165, 1.54) is 0 Å². The van der Waals surface area contributed by atoms with Gasteiger partial charge in [0.1, 0.15) is 33.1 Å². The zero-order chi connectivity index (χ0) is 27.1. The molecule has 8 nitrogen and oxygen atoms in total. The molecule has 4 rings (SSSR count). The molecule has 0 aliphatic heterocycles. The Morgan fingerprint density at radius 3 is 2.19 bits per heavy atom. The van der Waals surface area contributed by atoms with Crippen LogP contribution >= 0.6 is 31.7 Å². The Hall–Kier alpha value is -2.89. The predicted octanol–water partition coefficient (Wildman–Crippen LogP) is 5.66. The van der Waals surface area contributed by atoms with E-state index in [-0.39, 0.29) is 6.42 Å².